The van der Waals surface area contributed by atoms with Crippen LogP contribution in [0, 0.1) is 6.92 Å². The number of nitrogens with zero attached hydrogens (tertiary/aromatic N) is 1. The maximum Gasteiger partial charge on any atom is 0.289 e. The second-order valence-electron chi connectivity index (χ2n) is 3.38. The van der Waals surface area contributed by atoms with Gasteiger partial charge < -0.3 is 14.1 Å². The highest BCUT2D eigenvalue weighted by Gasteiger charge is 2.17. The summed E-state index contributed by atoms with van der Waals surface area (Å²) >= 11 is 5.65. The summed E-state index contributed by atoms with van der Waals surface area (Å²) in [7, 11) is 1.60. The predicted molar refractivity (Wildman–Crippen MR) is 61.9 cm³/mol. The fourth-order valence-corrected chi connectivity index (χ4v) is 1.53. The highest BCUT2D eigenvalue weighted by atomic mass is 35.5. The van der Waals surface area contributed by atoms with Crippen molar-refractivity contribution >= 4 is 17.5 Å². The Morgan fingerprint density at radius 3 is 2.75 bits per heavy atom. The molecular weight excluding hydrogens is 230 g/mol. The van der Waals surface area contributed by atoms with Crippen molar-refractivity contribution in [1.29, 1.82) is 0 Å². The zero-order chi connectivity index (χ0) is 12.0. The largest absolute Gasteiger partial charge is 0.456 e. The first kappa shape index (κ1) is 13.1. The van der Waals surface area contributed by atoms with Crippen LogP contribution in [0.25, 0.3) is 0 Å². The zero-order valence-electron chi connectivity index (χ0n) is 9.53. The van der Waals surface area contributed by atoms with Crippen molar-refractivity contribution < 1.29 is 13.9 Å². The third-order valence-corrected chi connectivity index (χ3v) is 2.33. The van der Waals surface area contributed by atoms with Crippen molar-refractivity contribution in [2.24, 2.45) is 0 Å². The molecular formula is C11H16ClNO3. The molecule has 0 saturated heterocycles. The second-order valence-corrected chi connectivity index (χ2v) is 3.76. The summed E-state index contributed by atoms with van der Waals surface area (Å²) in [4.78, 5) is 13.6. The first-order chi connectivity index (χ1) is 7.69. The predicted octanol–water partition coefficient (Wildman–Crippen LogP) is 1.92. The van der Waals surface area contributed by atoms with E-state index in [1.165, 1.54) is 0 Å². The van der Waals surface area contributed by atoms with Crippen LogP contribution in [0.5, 0.6) is 0 Å². The summed E-state index contributed by atoms with van der Waals surface area (Å²) in [6, 6.07) is 3.44. The number of methoxy groups -OCH3 is 1. The van der Waals surface area contributed by atoms with Crippen molar-refractivity contribution in [1.82, 2.24) is 4.90 Å². The maximum absolute atomic E-state index is 12.0. The van der Waals surface area contributed by atoms with Crippen molar-refractivity contribution in [3.8, 4) is 0 Å². The molecule has 1 aromatic rings. The van der Waals surface area contributed by atoms with Crippen molar-refractivity contribution in [2.75, 3.05) is 32.7 Å². The van der Waals surface area contributed by atoms with Gasteiger partial charge in [0, 0.05) is 26.1 Å². The van der Waals surface area contributed by atoms with E-state index in [9.17, 15) is 4.79 Å². The molecule has 1 aromatic heterocycles. The lowest BCUT2D eigenvalue weighted by molar-refractivity contribution is 0.0675. The Hall–Kier alpha value is -1.00. The molecule has 0 aliphatic carbocycles. The van der Waals surface area contributed by atoms with E-state index in [0.29, 0.717) is 31.3 Å². The van der Waals surface area contributed by atoms with Gasteiger partial charge in [0.15, 0.2) is 5.76 Å². The molecule has 0 saturated carbocycles. The van der Waals surface area contributed by atoms with Gasteiger partial charge in [-0.25, -0.2) is 0 Å². The average Bonchev–Trinajstić information content (AvgIpc) is 2.70. The molecule has 0 fully saturated rings. The Labute approximate surface area is 100 Å². The van der Waals surface area contributed by atoms with E-state index in [2.05, 4.69) is 0 Å². The van der Waals surface area contributed by atoms with Gasteiger partial charge in [0.05, 0.1) is 6.61 Å². The molecule has 0 atom stereocenters. The topological polar surface area (TPSA) is 42.7 Å². The molecule has 1 amide bonds. The van der Waals surface area contributed by atoms with Gasteiger partial charge in [-0.05, 0) is 19.1 Å². The lowest BCUT2D eigenvalue weighted by Gasteiger charge is -2.19. The number of aryl methyl sites for hydroxylation is 1. The minimum atomic E-state index is -0.147. The summed E-state index contributed by atoms with van der Waals surface area (Å²) in [6.45, 7) is 3.30. The molecule has 90 valence electrons. The van der Waals surface area contributed by atoms with Crippen LogP contribution in [0.4, 0.5) is 0 Å². The van der Waals surface area contributed by atoms with E-state index >= 15 is 0 Å². The number of halogens is 1. The monoisotopic (exact) mass is 245 g/mol. The van der Waals surface area contributed by atoms with Gasteiger partial charge in [-0.2, -0.15) is 0 Å². The molecule has 0 aromatic carbocycles. The molecule has 0 spiro atoms. The smallest absolute Gasteiger partial charge is 0.289 e. The average molecular weight is 246 g/mol. The molecule has 4 nitrogen and oxygen atoms in total. The Morgan fingerprint density at radius 2 is 2.25 bits per heavy atom. The molecule has 1 heterocycles. The third-order valence-electron chi connectivity index (χ3n) is 2.16. The Morgan fingerprint density at radius 1 is 1.50 bits per heavy atom. The van der Waals surface area contributed by atoms with Crippen LogP contribution >= 0.6 is 11.6 Å². The molecule has 0 aliphatic rings. The first-order valence-electron chi connectivity index (χ1n) is 5.09. The van der Waals surface area contributed by atoms with Crippen LogP contribution in [-0.4, -0.2) is 43.5 Å². The lowest BCUT2D eigenvalue weighted by atomic mass is 10.3. The zero-order valence-corrected chi connectivity index (χ0v) is 10.3. The Bertz CT molecular complexity index is 338. The van der Waals surface area contributed by atoms with E-state index in [1.807, 2.05) is 0 Å². The molecule has 16 heavy (non-hydrogen) atoms. The third kappa shape index (κ3) is 3.54. The second kappa shape index (κ2) is 6.55. The van der Waals surface area contributed by atoms with E-state index in [-0.39, 0.29) is 5.91 Å². The molecule has 0 aliphatic heterocycles. The van der Waals surface area contributed by atoms with Crippen LogP contribution in [-0.2, 0) is 4.74 Å². The van der Waals surface area contributed by atoms with Gasteiger partial charge in [-0.3, -0.25) is 4.79 Å². The molecule has 0 N–H and O–H groups in total. The summed E-state index contributed by atoms with van der Waals surface area (Å²) < 4.78 is 10.2. The van der Waals surface area contributed by atoms with Crippen LogP contribution in [0.3, 0.4) is 0 Å². The number of hydrogen-bond acceptors (Lipinski definition) is 3. The van der Waals surface area contributed by atoms with E-state index < -0.39 is 0 Å². The minimum Gasteiger partial charge on any atom is -0.456 e. The number of hydrogen-bond donors (Lipinski definition) is 0. The van der Waals surface area contributed by atoms with E-state index in [4.69, 9.17) is 20.8 Å². The van der Waals surface area contributed by atoms with Gasteiger partial charge in [0.1, 0.15) is 5.76 Å². The normalized spacial score (nSPS) is 10.4. The number of carbonyl (C=O) groups excluding carboxylic acids is 1. The van der Waals surface area contributed by atoms with Crippen LogP contribution < -0.4 is 0 Å². The summed E-state index contributed by atoms with van der Waals surface area (Å²) in [5, 5.41) is 0. The standard InChI is InChI=1S/C11H16ClNO3/c1-9-3-4-10(16-9)11(14)13(6-5-12)7-8-15-2/h3-4H,5-8H2,1-2H3. The number of rotatable bonds is 6. The van der Waals surface area contributed by atoms with Crippen LogP contribution in [0.1, 0.15) is 16.3 Å². The van der Waals surface area contributed by atoms with Gasteiger partial charge in [-0.15, -0.1) is 11.6 Å². The minimum absolute atomic E-state index is 0.147. The maximum atomic E-state index is 12.0. The van der Waals surface area contributed by atoms with Crippen LogP contribution in [0.15, 0.2) is 16.5 Å². The van der Waals surface area contributed by atoms with Gasteiger partial charge in [-0.1, -0.05) is 0 Å². The number of alkyl halides is 1. The Kier molecular flexibility index (Phi) is 5.35. The summed E-state index contributed by atoms with van der Waals surface area (Å²) in [6.07, 6.45) is 0. The SMILES string of the molecule is COCCN(CCCl)C(=O)c1ccc(C)o1. The highest BCUT2D eigenvalue weighted by molar-refractivity contribution is 6.18. The van der Waals surface area contributed by atoms with Crippen LogP contribution in [0.2, 0.25) is 0 Å². The van der Waals surface area contributed by atoms with Gasteiger partial charge in [0.25, 0.3) is 5.91 Å². The van der Waals surface area contributed by atoms with Gasteiger partial charge >= 0.3 is 0 Å². The molecule has 0 bridgehead atoms. The molecule has 0 radical (unpaired) electrons. The lowest BCUT2D eigenvalue weighted by Crippen LogP contribution is -2.35. The fourth-order valence-electron chi connectivity index (χ4n) is 1.32. The molecule has 1 rings (SSSR count). The number of amides is 1. The summed E-state index contributed by atoms with van der Waals surface area (Å²) in [5.74, 6) is 1.32. The number of ether oxygens (including phenoxy) is 1. The van der Waals surface area contributed by atoms with Crippen molar-refractivity contribution in [3.63, 3.8) is 0 Å². The molecule has 0 unspecified atom stereocenters. The Balaban J connectivity index is 2.66. The van der Waals surface area contributed by atoms with Crippen molar-refractivity contribution in [2.45, 2.75) is 6.92 Å². The number of furan rings is 1. The highest BCUT2D eigenvalue weighted by Crippen LogP contribution is 2.09. The number of carbonyl (C=O) groups is 1. The van der Waals surface area contributed by atoms with E-state index in [1.54, 1.807) is 31.1 Å². The van der Waals surface area contributed by atoms with Gasteiger partial charge in [0.2, 0.25) is 0 Å². The molecule has 5 heteroatoms. The fraction of sp³-hybridized carbons (Fsp3) is 0.545. The first-order valence-corrected chi connectivity index (χ1v) is 5.63. The van der Waals surface area contributed by atoms with Crippen molar-refractivity contribution in [3.05, 3.63) is 23.7 Å². The summed E-state index contributed by atoms with van der Waals surface area (Å²) in [5.41, 5.74) is 0. The van der Waals surface area contributed by atoms with E-state index in [0.717, 1.165) is 5.76 Å². The quantitative estimate of drug-likeness (QED) is 0.719.